The lowest BCUT2D eigenvalue weighted by Gasteiger charge is -2.14. The number of hydrogen-bond acceptors (Lipinski definition) is 6. The van der Waals surface area contributed by atoms with Crippen LogP contribution in [0, 0.1) is 0 Å². The highest BCUT2D eigenvalue weighted by Gasteiger charge is 2.17. The molecule has 0 aromatic heterocycles. The molecule has 0 aliphatic carbocycles. The fourth-order valence-corrected chi connectivity index (χ4v) is 2.50. The molecule has 0 fully saturated rings. The largest absolute Gasteiger partial charge is 0.493 e. The standard InChI is InChI=1S/C21H24N2O6/c1-5-9-29-16-8-6-7-15(12-16)23-19(24)13-22-21(25)14-10-17(26-2)20(28-4)18(11-14)27-3/h5-8,10-12H,1,9,13H2,2-4H3,(H,22,25)(H,23,24). The topological polar surface area (TPSA) is 95.1 Å². The van der Waals surface area contributed by atoms with E-state index in [-0.39, 0.29) is 18.0 Å². The minimum Gasteiger partial charge on any atom is -0.493 e. The van der Waals surface area contributed by atoms with E-state index >= 15 is 0 Å². The summed E-state index contributed by atoms with van der Waals surface area (Å²) >= 11 is 0. The van der Waals surface area contributed by atoms with Gasteiger partial charge < -0.3 is 29.6 Å². The SMILES string of the molecule is C=CCOc1cccc(NC(=O)CNC(=O)c2cc(OC)c(OC)c(OC)c2)c1. The molecule has 0 spiro atoms. The summed E-state index contributed by atoms with van der Waals surface area (Å²) in [5, 5.41) is 5.26. The van der Waals surface area contributed by atoms with Crippen LogP contribution in [0.25, 0.3) is 0 Å². The average Bonchev–Trinajstić information content (AvgIpc) is 2.75. The summed E-state index contributed by atoms with van der Waals surface area (Å²) < 4.78 is 21.1. The summed E-state index contributed by atoms with van der Waals surface area (Å²) in [6, 6.07) is 9.94. The molecule has 8 heteroatoms. The van der Waals surface area contributed by atoms with E-state index < -0.39 is 5.91 Å². The zero-order valence-electron chi connectivity index (χ0n) is 16.6. The van der Waals surface area contributed by atoms with E-state index in [1.54, 1.807) is 30.3 Å². The summed E-state index contributed by atoms with van der Waals surface area (Å²) in [4.78, 5) is 24.6. The number of carbonyl (C=O) groups is 2. The lowest BCUT2D eigenvalue weighted by Crippen LogP contribution is -2.32. The Bertz CT molecular complexity index is 856. The molecule has 0 unspecified atom stereocenters. The number of rotatable bonds is 10. The summed E-state index contributed by atoms with van der Waals surface area (Å²) in [5.41, 5.74) is 0.825. The number of nitrogens with one attached hydrogen (secondary N) is 2. The Labute approximate surface area is 169 Å². The molecule has 0 bridgehead atoms. The first-order valence-corrected chi connectivity index (χ1v) is 8.74. The fourth-order valence-electron chi connectivity index (χ4n) is 2.50. The molecule has 2 amide bonds. The van der Waals surface area contributed by atoms with Crippen molar-refractivity contribution in [2.45, 2.75) is 0 Å². The molecule has 0 aliphatic rings. The smallest absolute Gasteiger partial charge is 0.251 e. The molecule has 2 rings (SSSR count). The van der Waals surface area contributed by atoms with Crippen LogP contribution in [0.5, 0.6) is 23.0 Å². The average molecular weight is 400 g/mol. The van der Waals surface area contributed by atoms with E-state index in [0.29, 0.717) is 35.3 Å². The molecule has 2 N–H and O–H groups in total. The molecular weight excluding hydrogens is 376 g/mol. The third kappa shape index (κ3) is 5.90. The monoisotopic (exact) mass is 400 g/mol. The third-order valence-electron chi connectivity index (χ3n) is 3.82. The third-order valence-corrected chi connectivity index (χ3v) is 3.82. The van der Waals surface area contributed by atoms with Crippen LogP contribution >= 0.6 is 0 Å². The van der Waals surface area contributed by atoms with E-state index in [1.165, 1.54) is 33.5 Å². The van der Waals surface area contributed by atoms with Gasteiger partial charge in [0.1, 0.15) is 12.4 Å². The summed E-state index contributed by atoms with van der Waals surface area (Å²) in [6.45, 7) is 3.73. The summed E-state index contributed by atoms with van der Waals surface area (Å²) in [5.74, 6) is 0.830. The highest BCUT2D eigenvalue weighted by atomic mass is 16.5. The van der Waals surface area contributed by atoms with Crippen molar-refractivity contribution in [3.8, 4) is 23.0 Å². The summed E-state index contributed by atoms with van der Waals surface area (Å²) in [6.07, 6.45) is 1.63. The van der Waals surface area contributed by atoms with E-state index in [4.69, 9.17) is 18.9 Å². The van der Waals surface area contributed by atoms with E-state index in [0.717, 1.165) is 0 Å². The van der Waals surface area contributed by atoms with E-state index in [1.807, 2.05) is 0 Å². The molecule has 2 aromatic rings. The number of anilines is 1. The zero-order chi connectivity index (χ0) is 21.2. The van der Waals surface area contributed by atoms with E-state index in [9.17, 15) is 9.59 Å². The molecule has 2 aromatic carbocycles. The molecule has 0 saturated carbocycles. The first kappa shape index (κ1) is 21.6. The van der Waals surface area contributed by atoms with Gasteiger partial charge >= 0.3 is 0 Å². The zero-order valence-corrected chi connectivity index (χ0v) is 16.6. The Balaban J connectivity index is 2.00. The second kappa shape index (κ2) is 10.6. The number of amides is 2. The van der Waals surface area contributed by atoms with Crippen molar-refractivity contribution < 1.29 is 28.5 Å². The molecule has 0 aliphatic heterocycles. The van der Waals surface area contributed by atoms with Crippen molar-refractivity contribution in [2.75, 3.05) is 39.8 Å². The van der Waals surface area contributed by atoms with Gasteiger partial charge in [-0.15, -0.1) is 0 Å². The number of methoxy groups -OCH3 is 3. The van der Waals surface area contributed by atoms with E-state index in [2.05, 4.69) is 17.2 Å². The maximum Gasteiger partial charge on any atom is 0.251 e. The number of carbonyl (C=O) groups excluding carboxylic acids is 2. The van der Waals surface area contributed by atoms with Gasteiger partial charge in [0, 0.05) is 17.3 Å². The van der Waals surface area contributed by atoms with Crippen LogP contribution in [-0.4, -0.2) is 46.3 Å². The van der Waals surface area contributed by atoms with Crippen molar-refractivity contribution in [3.05, 3.63) is 54.6 Å². The number of benzene rings is 2. The number of ether oxygens (including phenoxy) is 4. The Hall–Kier alpha value is -3.68. The maximum atomic E-state index is 12.4. The van der Waals surface area contributed by atoms with Crippen LogP contribution in [-0.2, 0) is 4.79 Å². The highest BCUT2D eigenvalue weighted by molar-refractivity contribution is 6.00. The van der Waals surface area contributed by atoms with Crippen molar-refractivity contribution >= 4 is 17.5 Å². The summed E-state index contributed by atoms with van der Waals surface area (Å²) in [7, 11) is 4.39. The van der Waals surface area contributed by atoms with Gasteiger partial charge in [0.15, 0.2) is 11.5 Å². The van der Waals surface area contributed by atoms with Crippen LogP contribution in [0.4, 0.5) is 5.69 Å². The van der Waals surface area contributed by atoms with Crippen LogP contribution < -0.4 is 29.6 Å². The van der Waals surface area contributed by atoms with Gasteiger partial charge in [-0.1, -0.05) is 18.7 Å². The van der Waals surface area contributed by atoms with Crippen LogP contribution in [0.3, 0.4) is 0 Å². The first-order chi connectivity index (χ1) is 14.0. The normalized spacial score (nSPS) is 9.90. The molecule has 0 heterocycles. The fraction of sp³-hybridized carbons (Fsp3) is 0.238. The minimum absolute atomic E-state index is 0.215. The second-order valence-electron chi connectivity index (χ2n) is 5.77. The second-order valence-corrected chi connectivity index (χ2v) is 5.77. The van der Waals surface area contributed by atoms with Gasteiger partial charge in [-0.2, -0.15) is 0 Å². The molecule has 8 nitrogen and oxygen atoms in total. The van der Waals surface area contributed by atoms with Crippen LogP contribution in [0.1, 0.15) is 10.4 Å². The molecule has 0 atom stereocenters. The molecule has 154 valence electrons. The van der Waals surface area contributed by atoms with Gasteiger partial charge in [0.05, 0.1) is 27.9 Å². The molecule has 29 heavy (non-hydrogen) atoms. The van der Waals surface area contributed by atoms with Gasteiger partial charge in [-0.3, -0.25) is 9.59 Å². The Morgan fingerprint density at radius 3 is 2.31 bits per heavy atom. The molecule has 0 saturated heterocycles. The molecular formula is C21H24N2O6. The minimum atomic E-state index is -0.456. The van der Waals surface area contributed by atoms with Crippen LogP contribution in [0.2, 0.25) is 0 Å². The van der Waals surface area contributed by atoms with Crippen molar-refractivity contribution in [2.24, 2.45) is 0 Å². The van der Waals surface area contributed by atoms with Crippen molar-refractivity contribution in [3.63, 3.8) is 0 Å². The van der Waals surface area contributed by atoms with Gasteiger partial charge in [-0.05, 0) is 24.3 Å². The van der Waals surface area contributed by atoms with Crippen LogP contribution in [0.15, 0.2) is 49.1 Å². The lowest BCUT2D eigenvalue weighted by atomic mass is 10.1. The van der Waals surface area contributed by atoms with Gasteiger partial charge in [0.2, 0.25) is 11.7 Å². The molecule has 0 radical (unpaired) electrons. The highest BCUT2D eigenvalue weighted by Crippen LogP contribution is 2.38. The Kier molecular flexibility index (Phi) is 7.90. The lowest BCUT2D eigenvalue weighted by molar-refractivity contribution is -0.115. The van der Waals surface area contributed by atoms with Gasteiger partial charge in [0.25, 0.3) is 5.91 Å². The van der Waals surface area contributed by atoms with Crippen molar-refractivity contribution in [1.82, 2.24) is 5.32 Å². The first-order valence-electron chi connectivity index (χ1n) is 8.74. The quantitative estimate of drug-likeness (QED) is 0.596. The predicted molar refractivity (Wildman–Crippen MR) is 109 cm³/mol. The van der Waals surface area contributed by atoms with Gasteiger partial charge in [-0.25, -0.2) is 0 Å². The maximum absolute atomic E-state index is 12.4. The number of hydrogen-bond donors (Lipinski definition) is 2. The Morgan fingerprint density at radius 1 is 1.03 bits per heavy atom. The predicted octanol–water partition coefficient (Wildman–Crippen LogP) is 2.65. The Morgan fingerprint density at radius 2 is 1.72 bits per heavy atom. The van der Waals surface area contributed by atoms with Crippen molar-refractivity contribution in [1.29, 1.82) is 0 Å².